The Bertz CT molecular complexity index is 1270. The third kappa shape index (κ3) is 7.88. The van der Waals surface area contributed by atoms with E-state index in [0.29, 0.717) is 65.1 Å². The average molecular weight is 639 g/mol. The van der Waals surface area contributed by atoms with E-state index >= 15 is 0 Å². The number of halogens is 2. The van der Waals surface area contributed by atoms with Crippen LogP contribution in [0.3, 0.4) is 0 Å². The zero-order valence-electron chi connectivity index (χ0n) is 23.8. The Kier molecular flexibility index (Phi) is 11.5. The number of benzene rings is 2. The number of hydroxylamine groups is 4. The van der Waals surface area contributed by atoms with Crippen LogP contribution in [-0.4, -0.2) is 62.1 Å². The first kappa shape index (κ1) is 32.3. The minimum absolute atomic E-state index is 0.00364. The van der Waals surface area contributed by atoms with Crippen molar-refractivity contribution in [2.24, 2.45) is 0 Å². The van der Waals surface area contributed by atoms with Gasteiger partial charge in [0.15, 0.2) is 23.0 Å². The van der Waals surface area contributed by atoms with Crippen molar-refractivity contribution in [2.75, 3.05) is 27.4 Å². The van der Waals surface area contributed by atoms with Crippen LogP contribution in [0.15, 0.2) is 12.1 Å². The number of fused-ring (bicyclic) bond motifs is 2. The first-order valence-electron chi connectivity index (χ1n) is 13.6. The summed E-state index contributed by atoms with van der Waals surface area (Å²) in [6, 6.07) is 3.59. The van der Waals surface area contributed by atoms with Crippen molar-refractivity contribution in [3.8, 4) is 23.0 Å². The van der Waals surface area contributed by atoms with Crippen LogP contribution in [0.2, 0.25) is 10.0 Å². The molecule has 0 aromatic heterocycles. The van der Waals surface area contributed by atoms with Crippen molar-refractivity contribution in [1.29, 1.82) is 0 Å². The summed E-state index contributed by atoms with van der Waals surface area (Å²) in [6.45, 7) is 1.70. The molecule has 0 spiro atoms. The normalized spacial score (nSPS) is 14.0. The summed E-state index contributed by atoms with van der Waals surface area (Å²) in [5.41, 5.74) is 3.20. The Morgan fingerprint density at radius 1 is 0.744 bits per heavy atom. The lowest BCUT2D eigenvalue weighted by molar-refractivity contribution is -0.194. The van der Waals surface area contributed by atoms with Crippen molar-refractivity contribution in [3.63, 3.8) is 0 Å². The Hall–Kier alpha value is -3.58. The van der Waals surface area contributed by atoms with Crippen LogP contribution < -0.4 is 18.9 Å². The van der Waals surface area contributed by atoms with Crippen molar-refractivity contribution < 1.29 is 47.8 Å². The maximum Gasteiger partial charge on any atom is 0.325 e. The maximum absolute atomic E-state index is 11.9. The summed E-state index contributed by atoms with van der Waals surface area (Å²) in [6.07, 6.45) is 2.01. The van der Waals surface area contributed by atoms with E-state index in [1.165, 1.54) is 24.3 Å². The topological polar surface area (TPSA) is 130 Å². The number of nitrogens with zero attached hydrogens (tertiary/aromatic N) is 2. The maximum atomic E-state index is 11.9. The van der Waals surface area contributed by atoms with Gasteiger partial charge in [0.2, 0.25) is 0 Å². The SMILES string of the molecule is COc1cc2c(c(Cl)c1OCCCOc1c(OC)cc3c(c1Cl)CN(OC(=O)CCC=O)C3)CN(OC(=O)CCC=O)C2. The van der Waals surface area contributed by atoms with Gasteiger partial charge in [0, 0.05) is 19.3 Å². The number of methoxy groups -OCH3 is 2. The van der Waals surface area contributed by atoms with Gasteiger partial charge in [-0.25, -0.2) is 0 Å². The minimum atomic E-state index is -0.494. The van der Waals surface area contributed by atoms with Gasteiger partial charge >= 0.3 is 11.9 Å². The standard InChI is InChI=1S/C29H32Cl2N2O10/c1-38-22-12-18-14-32(42-24(36)6-3-8-34)16-20(18)26(30)28(22)40-10-5-11-41-29-23(39-2)13-19-15-33(17-21(19)27(29)31)43-25(37)7-4-9-35/h8-9,12-13H,3-7,10-11,14-17H2,1-2H3. The molecular weight excluding hydrogens is 607 g/mol. The molecule has 0 unspecified atom stereocenters. The second-order valence-electron chi connectivity index (χ2n) is 9.70. The molecule has 0 radical (unpaired) electrons. The molecule has 0 bridgehead atoms. The lowest BCUT2D eigenvalue weighted by Gasteiger charge is -2.17. The fourth-order valence-electron chi connectivity index (χ4n) is 4.70. The van der Waals surface area contributed by atoms with Gasteiger partial charge in [0.25, 0.3) is 0 Å². The first-order chi connectivity index (χ1) is 20.8. The van der Waals surface area contributed by atoms with Crippen LogP contribution in [0.25, 0.3) is 0 Å². The molecule has 2 aromatic rings. The van der Waals surface area contributed by atoms with E-state index < -0.39 is 11.9 Å². The molecule has 2 heterocycles. The molecule has 232 valence electrons. The van der Waals surface area contributed by atoms with E-state index in [1.54, 1.807) is 12.1 Å². The quantitative estimate of drug-likeness (QED) is 0.191. The van der Waals surface area contributed by atoms with Gasteiger partial charge in [-0.15, -0.1) is 10.1 Å². The highest BCUT2D eigenvalue weighted by molar-refractivity contribution is 6.33. The summed E-state index contributed by atoms with van der Waals surface area (Å²) in [7, 11) is 3.02. The lowest BCUT2D eigenvalue weighted by atomic mass is 10.1. The molecule has 43 heavy (non-hydrogen) atoms. The number of hydrogen-bond donors (Lipinski definition) is 0. The highest BCUT2D eigenvalue weighted by Gasteiger charge is 2.30. The molecule has 0 amide bonds. The largest absolute Gasteiger partial charge is 0.493 e. The van der Waals surface area contributed by atoms with E-state index in [-0.39, 0.29) is 52.0 Å². The molecule has 4 rings (SSSR count). The monoisotopic (exact) mass is 638 g/mol. The van der Waals surface area contributed by atoms with Crippen molar-refractivity contribution in [2.45, 2.75) is 58.3 Å². The molecule has 0 N–H and O–H groups in total. The number of carbonyl (C=O) groups is 4. The van der Waals surface area contributed by atoms with Crippen LogP contribution in [0.1, 0.15) is 54.4 Å². The average Bonchev–Trinajstić information content (AvgIpc) is 3.59. The minimum Gasteiger partial charge on any atom is -0.493 e. The van der Waals surface area contributed by atoms with Gasteiger partial charge < -0.3 is 38.2 Å². The molecule has 0 saturated carbocycles. The zero-order valence-corrected chi connectivity index (χ0v) is 25.3. The highest BCUT2D eigenvalue weighted by atomic mass is 35.5. The van der Waals surface area contributed by atoms with Crippen molar-refractivity contribution in [1.82, 2.24) is 10.1 Å². The summed E-state index contributed by atoms with van der Waals surface area (Å²) in [4.78, 5) is 55.6. The number of rotatable bonds is 16. The van der Waals surface area contributed by atoms with E-state index in [0.717, 1.165) is 22.3 Å². The lowest BCUT2D eigenvalue weighted by Crippen LogP contribution is -2.21. The van der Waals surface area contributed by atoms with Gasteiger partial charge in [-0.2, -0.15) is 0 Å². The fourth-order valence-corrected chi connectivity index (χ4v) is 5.36. The van der Waals surface area contributed by atoms with Crippen molar-refractivity contribution >= 4 is 47.7 Å². The van der Waals surface area contributed by atoms with Gasteiger partial charge in [-0.05, 0) is 34.4 Å². The number of carbonyl (C=O) groups excluding carboxylic acids is 4. The third-order valence-electron chi connectivity index (χ3n) is 6.74. The Morgan fingerprint density at radius 2 is 1.16 bits per heavy atom. The Morgan fingerprint density at radius 3 is 1.53 bits per heavy atom. The van der Waals surface area contributed by atoms with Crippen LogP contribution in [-0.2, 0) is 55.0 Å². The molecule has 2 aliphatic rings. The highest BCUT2D eigenvalue weighted by Crippen LogP contribution is 2.44. The predicted octanol–water partition coefficient (Wildman–Crippen LogP) is 4.36. The van der Waals surface area contributed by atoms with Crippen molar-refractivity contribution in [3.05, 3.63) is 44.4 Å². The molecule has 0 atom stereocenters. The zero-order chi connectivity index (χ0) is 30.9. The molecular formula is C29H32Cl2N2O10. The van der Waals surface area contributed by atoms with E-state index in [1.807, 2.05) is 0 Å². The Balaban J connectivity index is 1.33. The van der Waals surface area contributed by atoms with E-state index in [2.05, 4.69) is 0 Å². The molecule has 2 aromatic carbocycles. The smallest absolute Gasteiger partial charge is 0.325 e. The van der Waals surface area contributed by atoms with Crippen LogP contribution in [0, 0.1) is 0 Å². The molecule has 12 nitrogen and oxygen atoms in total. The number of hydrogen-bond acceptors (Lipinski definition) is 12. The second-order valence-corrected chi connectivity index (χ2v) is 10.5. The Labute approximate surface area is 258 Å². The first-order valence-corrected chi connectivity index (χ1v) is 14.4. The summed E-state index contributed by atoms with van der Waals surface area (Å²) >= 11 is 13.4. The molecule has 0 saturated heterocycles. The van der Waals surface area contributed by atoms with Gasteiger partial charge in [0.05, 0.1) is 76.5 Å². The summed E-state index contributed by atoms with van der Waals surface area (Å²) < 4.78 is 23.0. The fraction of sp³-hybridized carbons (Fsp3) is 0.448. The molecule has 0 aliphatic carbocycles. The van der Waals surface area contributed by atoms with E-state index in [9.17, 15) is 19.2 Å². The molecule has 2 aliphatic heterocycles. The van der Waals surface area contributed by atoms with Gasteiger partial charge in [-0.1, -0.05) is 23.2 Å². The molecule has 14 heteroatoms. The van der Waals surface area contributed by atoms with Gasteiger partial charge in [-0.3, -0.25) is 9.59 Å². The van der Waals surface area contributed by atoms with Crippen LogP contribution >= 0.6 is 23.2 Å². The predicted molar refractivity (Wildman–Crippen MR) is 153 cm³/mol. The summed E-state index contributed by atoms with van der Waals surface area (Å²) in [5, 5.41) is 3.68. The van der Waals surface area contributed by atoms with Crippen LogP contribution in [0.4, 0.5) is 0 Å². The number of aldehydes is 2. The van der Waals surface area contributed by atoms with Crippen LogP contribution in [0.5, 0.6) is 23.0 Å². The third-order valence-corrected chi connectivity index (χ3v) is 7.54. The van der Waals surface area contributed by atoms with Gasteiger partial charge in [0.1, 0.15) is 12.6 Å². The van der Waals surface area contributed by atoms with E-state index in [4.69, 9.17) is 51.8 Å². The second kappa shape index (κ2) is 15.2. The molecule has 0 fully saturated rings. The number of ether oxygens (including phenoxy) is 4. The summed E-state index contributed by atoms with van der Waals surface area (Å²) in [5.74, 6) is 0.635.